The fourth-order valence-electron chi connectivity index (χ4n) is 1.97. The number of nitrogens with one attached hydrogen (secondary N) is 1. The van der Waals surface area contributed by atoms with Gasteiger partial charge in [-0.2, -0.15) is 0 Å². The number of rotatable bonds is 6. The lowest BCUT2D eigenvalue weighted by atomic mass is 10.1. The van der Waals surface area contributed by atoms with Gasteiger partial charge in [0.15, 0.2) is 6.04 Å². The van der Waals surface area contributed by atoms with Gasteiger partial charge in [0.2, 0.25) is 17.7 Å². The van der Waals surface area contributed by atoms with Gasteiger partial charge in [-0.15, -0.1) is 0 Å². The fourth-order valence-corrected chi connectivity index (χ4v) is 1.97. The highest BCUT2D eigenvalue weighted by molar-refractivity contribution is 6.05. The Hall–Kier alpha value is -3.09. The van der Waals surface area contributed by atoms with Crippen LogP contribution in [0.1, 0.15) is 5.56 Å². The van der Waals surface area contributed by atoms with Crippen molar-refractivity contribution in [1.82, 2.24) is 9.88 Å². The molecule has 114 valence electrons. The number of aromatic nitrogens is 1. The zero-order chi connectivity index (χ0) is 16.1. The second kappa shape index (κ2) is 6.57. The quantitative estimate of drug-likeness (QED) is 0.622. The molecule has 3 amide bonds. The van der Waals surface area contributed by atoms with Crippen LogP contribution in [0, 0.1) is 0 Å². The molecule has 0 saturated carbocycles. The van der Waals surface area contributed by atoms with Crippen molar-refractivity contribution in [2.45, 2.75) is 12.5 Å². The van der Waals surface area contributed by atoms with E-state index in [1.54, 1.807) is 12.1 Å². The Morgan fingerprint density at radius 3 is 2.05 bits per heavy atom. The van der Waals surface area contributed by atoms with Crippen molar-refractivity contribution < 1.29 is 14.4 Å². The molecule has 0 aliphatic carbocycles. The van der Waals surface area contributed by atoms with Crippen molar-refractivity contribution in [3.63, 3.8) is 0 Å². The number of amides is 3. The molecule has 2 rings (SSSR count). The van der Waals surface area contributed by atoms with Crippen LogP contribution in [-0.4, -0.2) is 28.3 Å². The molecule has 0 fully saturated rings. The summed E-state index contributed by atoms with van der Waals surface area (Å²) in [4.78, 5) is 33.8. The van der Waals surface area contributed by atoms with Crippen molar-refractivity contribution in [1.29, 1.82) is 0 Å². The molecule has 0 aliphatic rings. The van der Waals surface area contributed by atoms with Gasteiger partial charge in [-0.05, 0) is 29.8 Å². The number of primary amides is 2. The normalized spacial score (nSPS) is 10.4. The van der Waals surface area contributed by atoms with E-state index in [9.17, 15) is 14.4 Å². The number of nitrogens with zero attached hydrogens (tertiary/aromatic N) is 1. The Bertz CT molecular complexity index is 663. The summed E-state index contributed by atoms with van der Waals surface area (Å²) < 4.78 is 1.93. The smallest absolute Gasteiger partial charge is 0.249 e. The summed E-state index contributed by atoms with van der Waals surface area (Å²) >= 11 is 0. The van der Waals surface area contributed by atoms with E-state index in [1.165, 1.54) is 0 Å². The van der Waals surface area contributed by atoms with E-state index in [2.05, 4.69) is 5.32 Å². The first-order valence-corrected chi connectivity index (χ1v) is 6.57. The van der Waals surface area contributed by atoms with Crippen LogP contribution in [0.2, 0.25) is 0 Å². The van der Waals surface area contributed by atoms with Crippen LogP contribution < -0.4 is 16.8 Å². The minimum Gasteiger partial charge on any atom is -0.367 e. The van der Waals surface area contributed by atoms with E-state index >= 15 is 0 Å². The average molecular weight is 300 g/mol. The van der Waals surface area contributed by atoms with Crippen molar-refractivity contribution in [3.8, 4) is 5.69 Å². The summed E-state index contributed by atoms with van der Waals surface area (Å²) in [5.74, 6) is -2.47. The summed E-state index contributed by atoms with van der Waals surface area (Å²) in [7, 11) is 0. The molecule has 0 aliphatic heterocycles. The SMILES string of the molecule is NC(=O)C(NC(=O)Cc1ccc(-n2cccc2)cc1)C(N)=O. The minimum atomic E-state index is -1.49. The maximum absolute atomic E-state index is 11.8. The second-order valence-corrected chi connectivity index (χ2v) is 4.74. The third kappa shape index (κ3) is 3.72. The summed E-state index contributed by atoms with van der Waals surface area (Å²) in [5, 5.41) is 2.21. The molecule has 1 aromatic carbocycles. The highest BCUT2D eigenvalue weighted by atomic mass is 16.2. The van der Waals surface area contributed by atoms with Crippen molar-refractivity contribution in [3.05, 3.63) is 54.4 Å². The zero-order valence-electron chi connectivity index (χ0n) is 11.7. The van der Waals surface area contributed by atoms with Gasteiger partial charge >= 0.3 is 0 Å². The topological polar surface area (TPSA) is 120 Å². The van der Waals surface area contributed by atoms with Crippen LogP contribution in [0.3, 0.4) is 0 Å². The molecule has 0 bridgehead atoms. The summed E-state index contributed by atoms with van der Waals surface area (Å²) in [6.45, 7) is 0. The lowest BCUT2D eigenvalue weighted by Gasteiger charge is -2.12. The van der Waals surface area contributed by atoms with E-state index in [4.69, 9.17) is 11.5 Å². The monoisotopic (exact) mass is 300 g/mol. The molecule has 1 heterocycles. The lowest BCUT2D eigenvalue weighted by Crippen LogP contribution is -2.52. The molecule has 7 heteroatoms. The van der Waals surface area contributed by atoms with Crippen molar-refractivity contribution in [2.24, 2.45) is 11.5 Å². The van der Waals surface area contributed by atoms with Gasteiger partial charge in [0.05, 0.1) is 6.42 Å². The second-order valence-electron chi connectivity index (χ2n) is 4.74. The Kier molecular flexibility index (Phi) is 4.57. The average Bonchev–Trinajstić information content (AvgIpc) is 2.99. The van der Waals surface area contributed by atoms with Gasteiger partial charge in [0.1, 0.15) is 0 Å². The van der Waals surface area contributed by atoms with Crippen LogP contribution >= 0.6 is 0 Å². The maximum atomic E-state index is 11.8. The third-order valence-corrected chi connectivity index (χ3v) is 3.08. The fraction of sp³-hybridized carbons (Fsp3) is 0.133. The minimum absolute atomic E-state index is 0.0169. The highest BCUT2D eigenvalue weighted by Crippen LogP contribution is 2.10. The van der Waals surface area contributed by atoms with Crippen molar-refractivity contribution in [2.75, 3.05) is 0 Å². The van der Waals surface area contributed by atoms with Gasteiger partial charge < -0.3 is 21.4 Å². The number of carbonyl (C=O) groups excluding carboxylic acids is 3. The molecule has 7 nitrogen and oxygen atoms in total. The molecule has 2 aromatic rings. The van der Waals surface area contributed by atoms with Gasteiger partial charge in [-0.3, -0.25) is 14.4 Å². The Labute approximate surface area is 126 Å². The molecule has 0 spiro atoms. The number of benzene rings is 1. The van der Waals surface area contributed by atoms with Crippen LogP contribution in [0.4, 0.5) is 0 Å². The molecule has 0 saturated heterocycles. The molecular formula is C15H16N4O3. The number of hydrogen-bond acceptors (Lipinski definition) is 3. The van der Waals surface area contributed by atoms with E-state index in [-0.39, 0.29) is 6.42 Å². The largest absolute Gasteiger partial charge is 0.367 e. The van der Waals surface area contributed by atoms with E-state index in [0.717, 1.165) is 11.3 Å². The van der Waals surface area contributed by atoms with Gasteiger partial charge in [-0.25, -0.2) is 0 Å². The van der Waals surface area contributed by atoms with E-state index in [0.29, 0.717) is 0 Å². The highest BCUT2D eigenvalue weighted by Gasteiger charge is 2.23. The first kappa shape index (κ1) is 15.3. The van der Waals surface area contributed by atoms with Gasteiger partial charge in [-0.1, -0.05) is 12.1 Å². The van der Waals surface area contributed by atoms with Gasteiger partial charge in [0, 0.05) is 18.1 Å². The molecule has 5 N–H and O–H groups in total. The summed E-state index contributed by atoms with van der Waals surface area (Å²) in [6.07, 6.45) is 3.83. The third-order valence-electron chi connectivity index (χ3n) is 3.08. The number of nitrogens with two attached hydrogens (primary N) is 2. The predicted octanol–water partition coefficient (Wildman–Crippen LogP) is -0.525. The Balaban J connectivity index is 2.00. The molecule has 0 atom stereocenters. The molecule has 22 heavy (non-hydrogen) atoms. The molecule has 1 aromatic heterocycles. The van der Waals surface area contributed by atoms with Crippen LogP contribution in [0.15, 0.2) is 48.8 Å². The molecule has 0 radical (unpaired) electrons. The Morgan fingerprint density at radius 2 is 1.55 bits per heavy atom. The molecule has 0 unspecified atom stereocenters. The predicted molar refractivity (Wildman–Crippen MR) is 79.8 cm³/mol. The van der Waals surface area contributed by atoms with Crippen LogP contribution in [-0.2, 0) is 20.8 Å². The van der Waals surface area contributed by atoms with Gasteiger partial charge in [0.25, 0.3) is 0 Å². The van der Waals surface area contributed by atoms with E-state index in [1.807, 2.05) is 41.2 Å². The van der Waals surface area contributed by atoms with Crippen LogP contribution in [0.5, 0.6) is 0 Å². The summed E-state index contributed by atoms with van der Waals surface area (Å²) in [5.41, 5.74) is 11.7. The Morgan fingerprint density at radius 1 is 1.00 bits per heavy atom. The van der Waals surface area contributed by atoms with Crippen molar-refractivity contribution >= 4 is 17.7 Å². The maximum Gasteiger partial charge on any atom is 0.249 e. The standard InChI is InChI=1S/C15H16N4O3/c16-14(21)13(15(17)22)18-12(20)9-10-3-5-11(6-4-10)19-7-1-2-8-19/h1-8,13H,9H2,(H2,16,21)(H2,17,22)(H,18,20). The number of hydrogen-bond donors (Lipinski definition) is 3. The lowest BCUT2D eigenvalue weighted by molar-refractivity contribution is -0.133. The first-order valence-electron chi connectivity index (χ1n) is 6.57. The zero-order valence-corrected chi connectivity index (χ0v) is 11.7. The first-order chi connectivity index (χ1) is 10.5. The van der Waals surface area contributed by atoms with Crippen LogP contribution in [0.25, 0.3) is 5.69 Å². The van der Waals surface area contributed by atoms with E-state index < -0.39 is 23.8 Å². The molecular weight excluding hydrogens is 284 g/mol. The number of carbonyl (C=O) groups is 3. The summed E-state index contributed by atoms with van der Waals surface area (Å²) in [6, 6.07) is 9.64.